The fourth-order valence-corrected chi connectivity index (χ4v) is 3.79. The van der Waals surface area contributed by atoms with Crippen LogP contribution in [-0.2, 0) is 16.1 Å². The first kappa shape index (κ1) is 19.0. The van der Waals surface area contributed by atoms with Crippen LogP contribution in [0.5, 0.6) is 5.75 Å². The molecule has 2 aliphatic rings. The second-order valence-electron chi connectivity index (χ2n) is 7.79. The third-order valence-corrected chi connectivity index (χ3v) is 5.22. The molecule has 3 rings (SSSR count). The van der Waals surface area contributed by atoms with E-state index in [9.17, 15) is 4.79 Å². The summed E-state index contributed by atoms with van der Waals surface area (Å²) in [5.74, 6) is 1.76. The van der Waals surface area contributed by atoms with Crippen molar-refractivity contribution in [3.63, 3.8) is 0 Å². The molecule has 0 saturated heterocycles. The van der Waals surface area contributed by atoms with Crippen LogP contribution in [0.15, 0.2) is 24.3 Å². The van der Waals surface area contributed by atoms with E-state index in [-0.39, 0.29) is 18.1 Å². The maximum atomic E-state index is 12.1. The topological polar surface area (TPSA) is 47.6 Å². The molecule has 0 fully saturated rings. The number of benzene rings is 1. The zero-order valence-electron chi connectivity index (χ0n) is 16.2. The van der Waals surface area contributed by atoms with Gasteiger partial charge >= 0.3 is 0 Å². The highest BCUT2D eigenvalue weighted by molar-refractivity contribution is 5.75. The zero-order valence-corrected chi connectivity index (χ0v) is 16.2. The number of carbonyl (C=O) groups excluding carboxylic acids is 1. The van der Waals surface area contributed by atoms with E-state index in [4.69, 9.17) is 9.47 Å². The van der Waals surface area contributed by atoms with Crippen LogP contribution in [0.4, 0.5) is 0 Å². The van der Waals surface area contributed by atoms with Crippen molar-refractivity contribution in [1.82, 2.24) is 5.32 Å². The number of ether oxygens (including phenoxy) is 2. The van der Waals surface area contributed by atoms with Crippen molar-refractivity contribution in [2.24, 2.45) is 5.92 Å². The van der Waals surface area contributed by atoms with Crippen LogP contribution in [0.25, 0.3) is 0 Å². The molecule has 0 aromatic heterocycles. The summed E-state index contributed by atoms with van der Waals surface area (Å²) in [6, 6.07) is 4.15. The largest absolute Gasteiger partial charge is 0.496 e. The third kappa shape index (κ3) is 4.47. The lowest BCUT2D eigenvalue weighted by Crippen LogP contribution is -2.22. The van der Waals surface area contributed by atoms with Gasteiger partial charge in [-0.25, -0.2) is 0 Å². The number of nitrogens with one attached hydrogen (secondary N) is 1. The molecule has 1 amide bonds. The molecule has 1 aromatic carbocycles. The van der Waals surface area contributed by atoms with E-state index in [0.717, 1.165) is 35.6 Å². The Kier molecular flexibility index (Phi) is 6.36. The average molecular weight is 357 g/mol. The minimum absolute atomic E-state index is 0.0179. The lowest BCUT2D eigenvalue weighted by atomic mass is 9.93. The highest BCUT2D eigenvalue weighted by Crippen LogP contribution is 2.49. The molecule has 2 heterocycles. The second-order valence-corrected chi connectivity index (χ2v) is 7.79. The lowest BCUT2D eigenvalue weighted by Gasteiger charge is -2.15. The van der Waals surface area contributed by atoms with E-state index < -0.39 is 0 Å². The standard InChI is InChI=1S/C22H31NO3/c1-15(2)8-6-4-5-7-9-21(24)23-14-16-12-17-18-10-11-19(26-18)22(17)20(13-16)25-3/h10-13,15,18-19H,4-9,14H2,1-3H3,(H,23,24). The number of methoxy groups -OCH3 is 1. The average Bonchev–Trinajstić information content (AvgIpc) is 3.24. The molecule has 2 aliphatic heterocycles. The molecule has 142 valence electrons. The van der Waals surface area contributed by atoms with Crippen molar-refractivity contribution in [3.8, 4) is 5.75 Å². The minimum atomic E-state index is 0.0179. The number of rotatable bonds is 10. The van der Waals surface area contributed by atoms with Crippen LogP contribution in [0.1, 0.15) is 81.3 Å². The van der Waals surface area contributed by atoms with Gasteiger partial charge in [-0.05, 0) is 29.5 Å². The molecule has 26 heavy (non-hydrogen) atoms. The Morgan fingerprint density at radius 3 is 2.69 bits per heavy atom. The van der Waals surface area contributed by atoms with Crippen molar-refractivity contribution in [1.29, 1.82) is 0 Å². The van der Waals surface area contributed by atoms with Gasteiger partial charge < -0.3 is 14.8 Å². The predicted octanol–water partition coefficient (Wildman–Crippen LogP) is 4.99. The molecule has 1 N–H and O–H groups in total. The smallest absolute Gasteiger partial charge is 0.220 e. The molecule has 2 atom stereocenters. The van der Waals surface area contributed by atoms with Crippen LogP contribution in [0.3, 0.4) is 0 Å². The van der Waals surface area contributed by atoms with E-state index >= 15 is 0 Å². The first-order chi connectivity index (χ1) is 12.6. The first-order valence-corrected chi connectivity index (χ1v) is 9.89. The van der Waals surface area contributed by atoms with E-state index in [1.54, 1.807) is 7.11 Å². The normalized spacial score (nSPS) is 19.8. The van der Waals surface area contributed by atoms with Gasteiger partial charge in [0.15, 0.2) is 0 Å². The molecule has 2 unspecified atom stereocenters. The summed E-state index contributed by atoms with van der Waals surface area (Å²) in [6.07, 6.45) is 10.7. The molecule has 1 aromatic rings. The van der Waals surface area contributed by atoms with Crippen LogP contribution >= 0.6 is 0 Å². The molecular weight excluding hydrogens is 326 g/mol. The summed E-state index contributed by atoms with van der Waals surface area (Å²) >= 11 is 0. The Bertz CT molecular complexity index is 666. The van der Waals surface area contributed by atoms with E-state index in [1.807, 2.05) is 6.07 Å². The fraction of sp³-hybridized carbons (Fsp3) is 0.591. The molecular formula is C22H31NO3. The van der Waals surface area contributed by atoms with E-state index in [2.05, 4.69) is 37.4 Å². The van der Waals surface area contributed by atoms with Crippen molar-refractivity contribution in [2.45, 2.75) is 71.1 Å². The van der Waals surface area contributed by atoms with Gasteiger partial charge in [-0.2, -0.15) is 0 Å². The van der Waals surface area contributed by atoms with Gasteiger partial charge in [0.2, 0.25) is 5.91 Å². The van der Waals surface area contributed by atoms with E-state index in [1.165, 1.54) is 24.8 Å². The summed E-state index contributed by atoms with van der Waals surface area (Å²) < 4.78 is 11.4. The second kappa shape index (κ2) is 8.72. The van der Waals surface area contributed by atoms with Crippen LogP contribution in [0.2, 0.25) is 0 Å². The summed E-state index contributed by atoms with van der Waals surface area (Å²) in [6.45, 7) is 5.06. The zero-order chi connectivity index (χ0) is 18.5. The summed E-state index contributed by atoms with van der Waals surface area (Å²) in [5, 5.41) is 3.04. The Balaban J connectivity index is 1.44. The highest BCUT2D eigenvalue weighted by atomic mass is 16.5. The molecule has 4 heteroatoms. The maximum absolute atomic E-state index is 12.1. The number of fused-ring (bicyclic) bond motifs is 5. The van der Waals surface area contributed by atoms with Crippen molar-refractivity contribution >= 4 is 5.91 Å². The molecule has 2 bridgehead atoms. The highest BCUT2D eigenvalue weighted by Gasteiger charge is 2.36. The number of hydrogen-bond donors (Lipinski definition) is 1. The number of hydrogen-bond acceptors (Lipinski definition) is 3. The van der Waals surface area contributed by atoms with Crippen LogP contribution < -0.4 is 10.1 Å². The van der Waals surface area contributed by atoms with Gasteiger partial charge in [0.05, 0.1) is 7.11 Å². The molecule has 0 radical (unpaired) electrons. The van der Waals surface area contributed by atoms with Gasteiger partial charge in [0.1, 0.15) is 18.0 Å². The SMILES string of the molecule is COc1cc(CNC(=O)CCCCCCC(C)C)cc2c1C1C=CC2O1. The van der Waals surface area contributed by atoms with Gasteiger partial charge in [-0.1, -0.05) is 57.7 Å². The van der Waals surface area contributed by atoms with Gasteiger partial charge in [0, 0.05) is 18.5 Å². The van der Waals surface area contributed by atoms with Crippen LogP contribution in [0, 0.1) is 5.92 Å². The number of amides is 1. The Morgan fingerprint density at radius 1 is 1.15 bits per heavy atom. The lowest BCUT2D eigenvalue weighted by molar-refractivity contribution is -0.121. The molecule has 0 saturated carbocycles. The van der Waals surface area contributed by atoms with Crippen LogP contribution in [-0.4, -0.2) is 13.0 Å². The van der Waals surface area contributed by atoms with Crippen molar-refractivity contribution < 1.29 is 14.3 Å². The quantitative estimate of drug-likeness (QED) is 0.474. The summed E-state index contributed by atoms with van der Waals surface area (Å²) in [5.41, 5.74) is 3.37. The first-order valence-electron chi connectivity index (χ1n) is 9.89. The van der Waals surface area contributed by atoms with Gasteiger partial charge in [-0.3, -0.25) is 4.79 Å². The monoisotopic (exact) mass is 357 g/mol. The summed E-state index contributed by atoms with van der Waals surface area (Å²) in [7, 11) is 1.69. The third-order valence-electron chi connectivity index (χ3n) is 5.22. The number of unbranched alkanes of at least 4 members (excludes halogenated alkanes) is 3. The van der Waals surface area contributed by atoms with Gasteiger partial charge in [-0.15, -0.1) is 0 Å². The molecule has 4 nitrogen and oxygen atoms in total. The minimum Gasteiger partial charge on any atom is -0.496 e. The summed E-state index contributed by atoms with van der Waals surface area (Å²) in [4.78, 5) is 12.1. The fourth-order valence-electron chi connectivity index (χ4n) is 3.79. The number of carbonyl (C=O) groups is 1. The van der Waals surface area contributed by atoms with E-state index in [0.29, 0.717) is 13.0 Å². The van der Waals surface area contributed by atoms with Crippen molar-refractivity contribution in [2.75, 3.05) is 7.11 Å². The Labute approximate surface area is 157 Å². The predicted molar refractivity (Wildman–Crippen MR) is 103 cm³/mol. The Morgan fingerprint density at radius 2 is 1.92 bits per heavy atom. The Hall–Kier alpha value is -1.81. The maximum Gasteiger partial charge on any atom is 0.220 e. The molecule has 0 spiro atoms. The van der Waals surface area contributed by atoms with Gasteiger partial charge in [0.25, 0.3) is 0 Å². The molecule has 0 aliphatic carbocycles. The van der Waals surface area contributed by atoms with Crippen molar-refractivity contribution in [3.05, 3.63) is 41.0 Å².